The van der Waals surface area contributed by atoms with Gasteiger partial charge in [-0.2, -0.15) is 5.01 Å². The van der Waals surface area contributed by atoms with E-state index in [4.69, 9.17) is 18.5 Å². The number of benzene rings is 1. The van der Waals surface area contributed by atoms with Crippen LogP contribution >= 0.6 is 7.60 Å². The highest BCUT2D eigenvalue weighted by Gasteiger charge is 2.67. The molecule has 166 valence electrons. The van der Waals surface area contributed by atoms with Crippen LogP contribution in [0, 0.1) is 0 Å². The molecule has 10 nitrogen and oxygen atoms in total. The largest absolute Gasteiger partial charge is 0.449 e. The van der Waals surface area contributed by atoms with Gasteiger partial charge < -0.3 is 18.5 Å². The van der Waals surface area contributed by atoms with Crippen LogP contribution in [0.5, 0.6) is 0 Å². The summed E-state index contributed by atoms with van der Waals surface area (Å²) in [5.74, 6) is -0.687. The summed E-state index contributed by atoms with van der Waals surface area (Å²) in [7, 11) is -4.34. The molecule has 0 aromatic heterocycles. The zero-order valence-electron chi connectivity index (χ0n) is 17.5. The van der Waals surface area contributed by atoms with Crippen molar-refractivity contribution in [1.82, 2.24) is 10.4 Å². The third-order valence-corrected chi connectivity index (χ3v) is 7.08. The number of ether oxygens (including phenoxy) is 2. The van der Waals surface area contributed by atoms with Gasteiger partial charge in [0, 0.05) is 12.0 Å². The van der Waals surface area contributed by atoms with E-state index < -0.39 is 30.8 Å². The predicted octanol–water partition coefficient (Wildman–Crippen LogP) is 3.51. The van der Waals surface area contributed by atoms with Gasteiger partial charge in [0.2, 0.25) is 11.1 Å². The van der Waals surface area contributed by atoms with E-state index in [9.17, 15) is 18.9 Å². The molecule has 0 bridgehead atoms. The van der Waals surface area contributed by atoms with Crippen LogP contribution in [0.2, 0.25) is 0 Å². The van der Waals surface area contributed by atoms with E-state index >= 15 is 0 Å². The van der Waals surface area contributed by atoms with Gasteiger partial charge in [-0.05, 0) is 33.3 Å². The van der Waals surface area contributed by atoms with Crippen molar-refractivity contribution in [2.24, 2.45) is 0 Å². The fraction of sp³-hybridized carbons (Fsp3) is 0.526. The summed E-state index contributed by atoms with van der Waals surface area (Å²) < 4.78 is 34.9. The second-order valence-electron chi connectivity index (χ2n) is 6.18. The Balaban J connectivity index is 2.72. The number of nitrogens with zero attached hydrogens (tertiary/aromatic N) is 1. The molecule has 0 aliphatic heterocycles. The van der Waals surface area contributed by atoms with Crippen LogP contribution in [0.4, 0.5) is 9.59 Å². The van der Waals surface area contributed by atoms with E-state index in [1.54, 1.807) is 52.0 Å². The van der Waals surface area contributed by atoms with E-state index in [2.05, 4.69) is 5.43 Å². The van der Waals surface area contributed by atoms with Gasteiger partial charge >= 0.3 is 19.8 Å². The van der Waals surface area contributed by atoms with Gasteiger partial charge in [-0.15, -0.1) is 0 Å². The fourth-order valence-corrected chi connectivity index (χ4v) is 5.60. The summed E-state index contributed by atoms with van der Waals surface area (Å²) >= 11 is 0. The second-order valence-corrected chi connectivity index (χ2v) is 8.43. The first-order valence-corrected chi connectivity index (χ1v) is 11.3. The van der Waals surface area contributed by atoms with Crippen molar-refractivity contribution in [3.05, 3.63) is 35.4 Å². The van der Waals surface area contributed by atoms with Crippen molar-refractivity contribution in [2.75, 3.05) is 26.4 Å². The van der Waals surface area contributed by atoms with Crippen LogP contribution in [0.3, 0.4) is 0 Å². The van der Waals surface area contributed by atoms with Crippen LogP contribution in [0.25, 0.3) is 0 Å². The Morgan fingerprint density at radius 2 is 1.63 bits per heavy atom. The van der Waals surface area contributed by atoms with Crippen LogP contribution in [-0.4, -0.2) is 54.7 Å². The average Bonchev–Trinajstić information content (AvgIpc) is 3.01. The number of ketones is 1. The standard InChI is InChI=1S/C19H27N2O8P/c1-5-26-17(23)20-21(18(24)27-6-2)19(30(25,28-7-3)29-8-4)13-14-11-9-10-12-15(14)16(19)22/h9-12H,5-8,13H2,1-4H3,(H,20,23)/t19-/m1/s1. The number of hydrazine groups is 1. The lowest BCUT2D eigenvalue weighted by molar-refractivity contribution is 0.0303. The SMILES string of the molecule is CCOC(=O)NN(C(=O)OCC)[C@@]1(P(=O)(OCC)OCC)Cc2ccccc2C1=O. The molecule has 0 heterocycles. The van der Waals surface area contributed by atoms with Crippen molar-refractivity contribution in [3.63, 3.8) is 0 Å². The number of hydrogen-bond acceptors (Lipinski definition) is 8. The molecule has 0 saturated heterocycles. The number of rotatable bonds is 8. The van der Waals surface area contributed by atoms with Crippen molar-refractivity contribution < 1.29 is 37.5 Å². The maximum absolute atomic E-state index is 14.0. The Labute approximate surface area is 175 Å². The van der Waals surface area contributed by atoms with Gasteiger partial charge in [-0.3, -0.25) is 9.36 Å². The molecule has 0 spiro atoms. The first kappa shape index (κ1) is 23.9. The molecule has 1 aromatic rings. The lowest BCUT2D eigenvalue weighted by Crippen LogP contribution is -2.63. The average molecular weight is 442 g/mol. The number of amides is 2. The minimum atomic E-state index is -4.34. The third-order valence-electron chi connectivity index (χ3n) is 4.41. The van der Waals surface area contributed by atoms with Gasteiger partial charge in [-0.1, -0.05) is 24.3 Å². The zero-order valence-corrected chi connectivity index (χ0v) is 18.4. The Morgan fingerprint density at radius 1 is 1.03 bits per heavy atom. The van der Waals surface area contributed by atoms with Gasteiger partial charge in [0.25, 0.3) is 0 Å². The molecule has 2 rings (SSSR count). The highest BCUT2D eigenvalue weighted by molar-refractivity contribution is 7.57. The zero-order chi connectivity index (χ0) is 22.4. The Morgan fingerprint density at radius 3 is 2.17 bits per heavy atom. The van der Waals surface area contributed by atoms with E-state index in [-0.39, 0.29) is 38.4 Å². The van der Waals surface area contributed by atoms with E-state index in [1.807, 2.05) is 0 Å². The number of hydrogen-bond donors (Lipinski definition) is 1. The molecule has 0 saturated carbocycles. The summed E-state index contributed by atoms with van der Waals surface area (Å²) in [5.41, 5.74) is 2.99. The fourth-order valence-electron chi connectivity index (χ4n) is 3.30. The molecule has 1 aliphatic carbocycles. The van der Waals surface area contributed by atoms with Crippen molar-refractivity contribution in [1.29, 1.82) is 0 Å². The predicted molar refractivity (Wildman–Crippen MR) is 107 cm³/mol. The first-order chi connectivity index (χ1) is 14.3. The highest BCUT2D eigenvalue weighted by atomic mass is 31.2. The molecule has 30 heavy (non-hydrogen) atoms. The molecule has 2 amide bonds. The second kappa shape index (κ2) is 10.1. The van der Waals surface area contributed by atoms with Gasteiger partial charge in [0.15, 0.2) is 0 Å². The van der Waals surface area contributed by atoms with Crippen LogP contribution in [0.15, 0.2) is 24.3 Å². The minimum Gasteiger partial charge on any atom is -0.449 e. The maximum Gasteiger partial charge on any atom is 0.430 e. The molecule has 11 heteroatoms. The van der Waals surface area contributed by atoms with Crippen molar-refractivity contribution in [2.45, 2.75) is 39.4 Å². The summed E-state index contributed by atoms with van der Waals surface area (Å²) in [6.45, 7) is 6.15. The summed E-state index contributed by atoms with van der Waals surface area (Å²) in [5, 5.41) is -1.59. The lowest BCUT2D eigenvalue weighted by Gasteiger charge is -2.41. The summed E-state index contributed by atoms with van der Waals surface area (Å²) in [6.07, 6.45) is -2.32. The molecule has 0 radical (unpaired) electrons. The highest BCUT2D eigenvalue weighted by Crippen LogP contribution is 2.65. The summed E-state index contributed by atoms with van der Waals surface area (Å²) in [6, 6.07) is 6.58. The number of carbonyl (C=O) groups excluding carboxylic acids is 3. The smallest absolute Gasteiger partial charge is 0.430 e. The Bertz CT molecular complexity index is 836. The Hall–Kier alpha value is -2.42. The normalized spacial score (nSPS) is 17.9. The van der Waals surface area contributed by atoms with Crippen LogP contribution in [-0.2, 0) is 29.5 Å². The molecule has 1 aromatic carbocycles. The summed E-state index contributed by atoms with van der Waals surface area (Å²) in [4.78, 5) is 38.7. The molecule has 1 atom stereocenters. The molecular formula is C19H27N2O8P. The van der Waals surface area contributed by atoms with E-state index in [1.165, 1.54) is 0 Å². The molecule has 0 fully saturated rings. The quantitative estimate of drug-likeness (QED) is 0.480. The van der Waals surface area contributed by atoms with Crippen molar-refractivity contribution >= 4 is 25.6 Å². The molecule has 1 aliphatic rings. The monoisotopic (exact) mass is 442 g/mol. The first-order valence-electron chi connectivity index (χ1n) is 9.73. The van der Waals surface area contributed by atoms with Crippen LogP contribution < -0.4 is 5.43 Å². The van der Waals surface area contributed by atoms with Gasteiger partial charge in [0.05, 0.1) is 26.4 Å². The number of carbonyl (C=O) groups is 3. The number of nitrogens with one attached hydrogen (secondary N) is 1. The number of Topliss-reactive ketones (excluding diaryl/α,β-unsaturated/α-hetero) is 1. The van der Waals surface area contributed by atoms with Gasteiger partial charge in [-0.25, -0.2) is 15.0 Å². The van der Waals surface area contributed by atoms with Gasteiger partial charge in [0.1, 0.15) is 0 Å². The minimum absolute atomic E-state index is 0.0122. The number of fused-ring (bicyclic) bond motifs is 1. The lowest BCUT2D eigenvalue weighted by atomic mass is 10.1. The van der Waals surface area contributed by atoms with E-state index in [0.29, 0.717) is 10.6 Å². The topological polar surface area (TPSA) is 120 Å². The Kier molecular flexibility index (Phi) is 8.00. The van der Waals surface area contributed by atoms with Crippen molar-refractivity contribution in [3.8, 4) is 0 Å². The molecule has 1 N–H and O–H groups in total. The molecular weight excluding hydrogens is 415 g/mol. The molecule has 0 unspecified atom stereocenters. The maximum atomic E-state index is 14.0. The third kappa shape index (κ3) is 4.21. The van der Waals surface area contributed by atoms with Crippen LogP contribution in [0.1, 0.15) is 43.6 Å². The van der Waals surface area contributed by atoms with E-state index in [0.717, 1.165) is 0 Å².